The van der Waals surface area contributed by atoms with Crippen LogP contribution in [0.25, 0.3) is 0 Å². The van der Waals surface area contributed by atoms with Gasteiger partial charge in [-0.05, 0) is 33.6 Å². The first-order valence-electron chi connectivity index (χ1n) is 5.21. The van der Waals surface area contributed by atoms with Crippen molar-refractivity contribution in [2.24, 2.45) is 0 Å². The molecule has 2 unspecified atom stereocenters. The van der Waals surface area contributed by atoms with Gasteiger partial charge in [-0.2, -0.15) is 0 Å². The molecule has 6 heteroatoms. The van der Waals surface area contributed by atoms with Crippen LogP contribution in [0.3, 0.4) is 0 Å². The second kappa shape index (κ2) is 5.58. The maximum atomic E-state index is 11.0. The molecular formula is C12H10BrNO3S. The second-order valence-electron chi connectivity index (χ2n) is 3.73. The normalized spacial score (nSPS) is 14.1. The molecule has 0 saturated heterocycles. The van der Waals surface area contributed by atoms with Crippen LogP contribution in [0.5, 0.6) is 0 Å². The van der Waals surface area contributed by atoms with E-state index >= 15 is 0 Å². The lowest BCUT2D eigenvalue weighted by molar-refractivity contribution is -0.497. The van der Waals surface area contributed by atoms with E-state index in [0.717, 1.165) is 5.56 Å². The summed E-state index contributed by atoms with van der Waals surface area (Å²) >= 11 is 7.28. The zero-order valence-electron chi connectivity index (χ0n) is 9.19. The van der Waals surface area contributed by atoms with Crippen molar-refractivity contribution in [3.05, 3.63) is 68.6 Å². The standard InChI is InChI=1S/C12H10BrNO3S/c13-10-7-6-9(17-10)11(12(18)14(15)16)8-4-2-1-3-5-8/h1-7,11-12,18H. The van der Waals surface area contributed by atoms with Crippen molar-refractivity contribution in [2.45, 2.75) is 11.3 Å². The molecule has 0 spiro atoms. The average Bonchev–Trinajstić information content (AvgIpc) is 2.77. The van der Waals surface area contributed by atoms with E-state index in [1.165, 1.54) is 0 Å². The van der Waals surface area contributed by atoms with Crippen LogP contribution in [0.2, 0.25) is 0 Å². The molecule has 0 bridgehead atoms. The van der Waals surface area contributed by atoms with Gasteiger partial charge < -0.3 is 4.42 Å². The molecule has 1 aromatic heterocycles. The summed E-state index contributed by atoms with van der Waals surface area (Å²) in [4.78, 5) is 10.6. The summed E-state index contributed by atoms with van der Waals surface area (Å²) in [5.74, 6) is 0.000563. The fourth-order valence-corrected chi connectivity index (χ4v) is 2.40. The maximum Gasteiger partial charge on any atom is 0.269 e. The third-order valence-corrected chi connectivity index (χ3v) is 3.49. The van der Waals surface area contributed by atoms with Crippen LogP contribution in [0.4, 0.5) is 0 Å². The molecule has 2 rings (SSSR count). The smallest absolute Gasteiger partial charge is 0.269 e. The molecule has 0 saturated carbocycles. The fraction of sp³-hybridized carbons (Fsp3) is 0.167. The molecule has 0 fully saturated rings. The highest BCUT2D eigenvalue weighted by molar-refractivity contribution is 9.10. The van der Waals surface area contributed by atoms with Crippen LogP contribution in [0.1, 0.15) is 17.2 Å². The van der Waals surface area contributed by atoms with Gasteiger partial charge in [0.05, 0.1) is 0 Å². The van der Waals surface area contributed by atoms with Crippen LogP contribution in [0, 0.1) is 10.1 Å². The first kappa shape index (κ1) is 13.2. The zero-order valence-corrected chi connectivity index (χ0v) is 11.7. The van der Waals surface area contributed by atoms with E-state index in [-0.39, 0.29) is 0 Å². The van der Waals surface area contributed by atoms with Gasteiger partial charge in [-0.3, -0.25) is 10.1 Å². The van der Waals surface area contributed by atoms with E-state index in [9.17, 15) is 10.1 Å². The molecule has 2 aromatic rings. The molecule has 18 heavy (non-hydrogen) atoms. The van der Waals surface area contributed by atoms with Crippen LogP contribution < -0.4 is 0 Å². The molecule has 94 valence electrons. The molecule has 4 nitrogen and oxygen atoms in total. The Morgan fingerprint density at radius 2 is 1.89 bits per heavy atom. The van der Waals surface area contributed by atoms with Crippen LogP contribution >= 0.6 is 28.6 Å². The largest absolute Gasteiger partial charge is 0.453 e. The Morgan fingerprint density at radius 3 is 2.39 bits per heavy atom. The molecule has 0 N–H and O–H groups in total. The minimum Gasteiger partial charge on any atom is -0.453 e. The number of hydrogen-bond acceptors (Lipinski definition) is 4. The third-order valence-electron chi connectivity index (χ3n) is 2.57. The topological polar surface area (TPSA) is 56.3 Å². The minimum absolute atomic E-state index is 0.419. The predicted octanol–water partition coefficient (Wildman–Crippen LogP) is 3.71. The summed E-state index contributed by atoms with van der Waals surface area (Å²) in [6.07, 6.45) is 0. The van der Waals surface area contributed by atoms with Gasteiger partial charge in [-0.15, -0.1) is 0 Å². The van der Waals surface area contributed by atoms with E-state index in [2.05, 4.69) is 28.6 Å². The van der Waals surface area contributed by atoms with Crippen LogP contribution in [0.15, 0.2) is 51.6 Å². The van der Waals surface area contributed by atoms with E-state index in [1.807, 2.05) is 30.3 Å². The number of halogens is 1. The van der Waals surface area contributed by atoms with E-state index < -0.39 is 16.2 Å². The molecular weight excluding hydrogens is 318 g/mol. The van der Waals surface area contributed by atoms with Gasteiger partial charge in [0.15, 0.2) is 4.67 Å². The SMILES string of the molecule is O=[N+]([O-])C(S)C(c1ccccc1)c1ccc(Br)o1. The first-order valence-corrected chi connectivity index (χ1v) is 6.52. The Kier molecular flexibility index (Phi) is 4.08. The van der Waals surface area contributed by atoms with Gasteiger partial charge in [0.2, 0.25) is 0 Å². The minimum atomic E-state index is -1.05. The van der Waals surface area contributed by atoms with Crippen molar-refractivity contribution in [1.82, 2.24) is 0 Å². The lowest BCUT2D eigenvalue weighted by Crippen LogP contribution is -2.22. The number of rotatable bonds is 4. The summed E-state index contributed by atoms with van der Waals surface area (Å²) < 4.78 is 5.98. The van der Waals surface area contributed by atoms with Gasteiger partial charge in [-0.25, -0.2) is 0 Å². The molecule has 0 aliphatic rings. The number of furan rings is 1. The molecule has 0 aliphatic heterocycles. The highest BCUT2D eigenvalue weighted by atomic mass is 79.9. The van der Waals surface area contributed by atoms with Gasteiger partial charge in [0, 0.05) is 4.92 Å². The van der Waals surface area contributed by atoms with Gasteiger partial charge in [0.25, 0.3) is 5.37 Å². The van der Waals surface area contributed by atoms with Crippen molar-refractivity contribution in [3.8, 4) is 0 Å². The Balaban J connectivity index is 2.44. The van der Waals surface area contributed by atoms with Crippen molar-refractivity contribution in [3.63, 3.8) is 0 Å². The number of benzene rings is 1. The van der Waals surface area contributed by atoms with Crippen LogP contribution in [-0.2, 0) is 0 Å². The lowest BCUT2D eigenvalue weighted by atomic mass is 9.96. The third kappa shape index (κ3) is 2.76. The van der Waals surface area contributed by atoms with E-state index in [0.29, 0.717) is 10.4 Å². The summed E-state index contributed by atoms with van der Waals surface area (Å²) in [6, 6.07) is 12.6. The summed E-state index contributed by atoms with van der Waals surface area (Å²) in [7, 11) is 0. The molecule has 1 heterocycles. The van der Waals surface area contributed by atoms with Crippen molar-refractivity contribution in [2.75, 3.05) is 0 Å². The highest BCUT2D eigenvalue weighted by Crippen LogP contribution is 2.33. The van der Waals surface area contributed by atoms with Crippen molar-refractivity contribution >= 4 is 28.6 Å². The van der Waals surface area contributed by atoms with Crippen molar-refractivity contribution in [1.29, 1.82) is 0 Å². The maximum absolute atomic E-state index is 11.0. The lowest BCUT2D eigenvalue weighted by Gasteiger charge is -2.15. The Labute approximate surface area is 118 Å². The highest BCUT2D eigenvalue weighted by Gasteiger charge is 2.33. The molecule has 0 aliphatic carbocycles. The first-order chi connectivity index (χ1) is 8.59. The Hall–Kier alpha value is -1.27. The Morgan fingerprint density at radius 1 is 1.22 bits per heavy atom. The quantitative estimate of drug-likeness (QED) is 0.403. The second-order valence-corrected chi connectivity index (χ2v) is 5.04. The number of thiol groups is 1. The Bertz CT molecular complexity index is 543. The monoisotopic (exact) mass is 327 g/mol. The molecule has 1 aromatic carbocycles. The van der Waals surface area contributed by atoms with Crippen molar-refractivity contribution < 1.29 is 9.34 Å². The molecule has 0 amide bonds. The zero-order chi connectivity index (χ0) is 13.1. The van der Waals surface area contributed by atoms with Gasteiger partial charge in [-0.1, -0.05) is 43.0 Å². The number of hydrogen-bond donors (Lipinski definition) is 1. The number of nitro groups is 1. The summed E-state index contributed by atoms with van der Waals surface area (Å²) in [5.41, 5.74) is 0.802. The predicted molar refractivity (Wildman–Crippen MR) is 74.5 cm³/mol. The fourth-order valence-electron chi connectivity index (χ4n) is 1.76. The average molecular weight is 328 g/mol. The summed E-state index contributed by atoms with van der Waals surface area (Å²) in [6.45, 7) is 0. The van der Waals surface area contributed by atoms with Gasteiger partial charge in [0.1, 0.15) is 11.7 Å². The summed E-state index contributed by atoms with van der Waals surface area (Å²) in [5, 5.41) is 9.92. The van der Waals surface area contributed by atoms with E-state index in [1.54, 1.807) is 12.1 Å². The van der Waals surface area contributed by atoms with Crippen LogP contribution in [-0.4, -0.2) is 10.3 Å². The van der Waals surface area contributed by atoms with Gasteiger partial charge >= 0.3 is 0 Å². The number of nitrogens with zero attached hydrogens (tertiary/aromatic N) is 1. The molecule has 0 radical (unpaired) electrons. The van der Waals surface area contributed by atoms with E-state index in [4.69, 9.17) is 4.42 Å². The molecule has 2 atom stereocenters.